The molecule has 2 aromatic heterocycles. The van der Waals surface area contributed by atoms with Gasteiger partial charge in [-0.15, -0.1) is 21.5 Å². The number of rotatable bonds is 2. The van der Waals surface area contributed by atoms with Gasteiger partial charge in [-0.05, 0) is 6.92 Å². The van der Waals surface area contributed by atoms with Crippen molar-refractivity contribution in [1.29, 1.82) is 0 Å². The molecule has 0 aromatic carbocycles. The number of hydrogen-bond donors (Lipinski definition) is 1. The molecular weight excluding hydrogens is 204 g/mol. The molecule has 68 valence electrons. The summed E-state index contributed by atoms with van der Waals surface area (Å²) in [4.78, 5) is 5.02. The number of nitrogens with zero attached hydrogens (tertiary/aromatic N) is 3. The first-order valence-corrected chi connectivity index (χ1v) is 5.45. The van der Waals surface area contributed by atoms with Gasteiger partial charge in [-0.1, -0.05) is 11.3 Å². The summed E-state index contributed by atoms with van der Waals surface area (Å²) < 4.78 is 0. The third-order valence-corrected chi connectivity index (χ3v) is 3.54. The summed E-state index contributed by atoms with van der Waals surface area (Å²) in [5.74, 6) is 0. The number of nitrogens with two attached hydrogens (primary N) is 1. The topological polar surface area (TPSA) is 64.7 Å². The lowest BCUT2D eigenvalue weighted by molar-refractivity contribution is 0.786. The summed E-state index contributed by atoms with van der Waals surface area (Å²) in [7, 11) is 0. The van der Waals surface area contributed by atoms with E-state index in [1.165, 1.54) is 11.3 Å². The molecule has 2 rings (SSSR count). The molecule has 6 heteroatoms. The Morgan fingerprint density at radius 1 is 1.46 bits per heavy atom. The Labute approximate surface area is 83.5 Å². The minimum atomic E-state index is -0.0424. The van der Waals surface area contributed by atoms with Crippen LogP contribution in [0.3, 0.4) is 0 Å². The van der Waals surface area contributed by atoms with Crippen molar-refractivity contribution in [3.63, 3.8) is 0 Å². The van der Waals surface area contributed by atoms with E-state index in [4.69, 9.17) is 5.73 Å². The van der Waals surface area contributed by atoms with Crippen molar-refractivity contribution < 1.29 is 0 Å². The van der Waals surface area contributed by atoms with Crippen LogP contribution in [0.25, 0.3) is 9.88 Å². The smallest absolute Gasteiger partial charge is 0.159 e. The third-order valence-electron chi connectivity index (χ3n) is 1.47. The van der Waals surface area contributed by atoms with Crippen LogP contribution >= 0.6 is 22.7 Å². The second-order valence-corrected chi connectivity index (χ2v) is 4.50. The van der Waals surface area contributed by atoms with E-state index in [0.717, 1.165) is 14.9 Å². The fraction of sp³-hybridized carbons (Fsp3) is 0.286. The Hall–Kier alpha value is -0.850. The van der Waals surface area contributed by atoms with Gasteiger partial charge in [-0.25, -0.2) is 0 Å². The van der Waals surface area contributed by atoms with Crippen LogP contribution < -0.4 is 5.73 Å². The van der Waals surface area contributed by atoms with Gasteiger partial charge in [0.05, 0.1) is 16.4 Å². The molecule has 0 radical (unpaired) electrons. The van der Waals surface area contributed by atoms with Gasteiger partial charge >= 0.3 is 0 Å². The molecule has 2 heterocycles. The molecule has 0 aliphatic heterocycles. The molecule has 4 nitrogen and oxygen atoms in total. The van der Waals surface area contributed by atoms with Crippen LogP contribution in [0.4, 0.5) is 0 Å². The van der Waals surface area contributed by atoms with Gasteiger partial charge in [0.25, 0.3) is 0 Å². The van der Waals surface area contributed by atoms with Gasteiger partial charge < -0.3 is 5.73 Å². The Morgan fingerprint density at radius 2 is 2.31 bits per heavy atom. The summed E-state index contributed by atoms with van der Waals surface area (Å²) in [6.07, 6.45) is 1.79. The number of aromatic nitrogens is 3. The average Bonchev–Trinajstić information content (AvgIpc) is 2.75. The van der Waals surface area contributed by atoms with E-state index in [1.807, 2.05) is 6.92 Å². The van der Waals surface area contributed by atoms with Gasteiger partial charge in [0.1, 0.15) is 5.01 Å². The second-order valence-electron chi connectivity index (χ2n) is 2.60. The summed E-state index contributed by atoms with van der Waals surface area (Å²) >= 11 is 3.08. The van der Waals surface area contributed by atoms with E-state index in [-0.39, 0.29) is 6.04 Å². The van der Waals surface area contributed by atoms with Crippen LogP contribution in [0, 0.1) is 0 Å². The minimum Gasteiger partial charge on any atom is -0.322 e. The van der Waals surface area contributed by atoms with Crippen LogP contribution in [0.15, 0.2) is 11.7 Å². The zero-order valence-corrected chi connectivity index (χ0v) is 8.60. The Kier molecular flexibility index (Phi) is 2.34. The van der Waals surface area contributed by atoms with Crippen molar-refractivity contribution in [3.8, 4) is 9.88 Å². The van der Waals surface area contributed by atoms with Crippen LogP contribution in [-0.4, -0.2) is 15.2 Å². The van der Waals surface area contributed by atoms with Crippen LogP contribution in [-0.2, 0) is 0 Å². The zero-order chi connectivity index (χ0) is 9.26. The number of hydrogen-bond acceptors (Lipinski definition) is 6. The Balaban J connectivity index is 2.33. The lowest BCUT2D eigenvalue weighted by Crippen LogP contribution is -2.03. The molecule has 2 aromatic rings. The molecule has 2 N–H and O–H groups in total. The van der Waals surface area contributed by atoms with Gasteiger partial charge in [-0.2, -0.15) is 0 Å². The Bertz CT molecular complexity index is 379. The van der Waals surface area contributed by atoms with E-state index in [0.29, 0.717) is 0 Å². The van der Waals surface area contributed by atoms with Crippen molar-refractivity contribution in [1.82, 2.24) is 15.2 Å². The van der Waals surface area contributed by atoms with Crippen LogP contribution in [0.1, 0.15) is 18.0 Å². The molecule has 0 saturated carbocycles. The van der Waals surface area contributed by atoms with Crippen molar-refractivity contribution in [3.05, 3.63) is 16.7 Å². The molecule has 0 fully saturated rings. The lowest BCUT2D eigenvalue weighted by atomic mass is 10.4. The molecule has 0 bridgehead atoms. The van der Waals surface area contributed by atoms with Gasteiger partial charge in [0.2, 0.25) is 0 Å². The predicted octanol–water partition coefficient (Wildman–Crippen LogP) is 1.68. The standard InChI is InChI=1S/C7H8N4S2/c1-4(8)6-10-11-7(13-6)5-2-9-3-12-5/h2-4H,8H2,1H3. The average molecular weight is 212 g/mol. The highest BCUT2D eigenvalue weighted by Crippen LogP contribution is 2.27. The maximum Gasteiger partial charge on any atom is 0.159 e. The summed E-state index contributed by atoms with van der Waals surface area (Å²) in [6.45, 7) is 1.90. The molecule has 1 unspecified atom stereocenters. The molecule has 0 aliphatic carbocycles. The molecule has 1 atom stereocenters. The largest absolute Gasteiger partial charge is 0.322 e. The first kappa shape index (κ1) is 8.74. The summed E-state index contributed by atoms with van der Waals surface area (Å²) in [6, 6.07) is -0.0424. The number of thiazole rings is 1. The van der Waals surface area contributed by atoms with Gasteiger partial charge in [0.15, 0.2) is 5.01 Å². The first-order chi connectivity index (χ1) is 6.27. The maximum absolute atomic E-state index is 5.68. The molecular formula is C7H8N4S2. The van der Waals surface area contributed by atoms with Crippen molar-refractivity contribution in [2.24, 2.45) is 5.73 Å². The maximum atomic E-state index is 5.68. The predicted molar refractivity (Wildman–Crippen MR) is 53.6 cm³/mol. The lowest BCUT2D eigenvalue weighted by Gasteiger charge is -1.93. The normalized spacial score (nSPS) is 13.1. The minimum absolute atomic E-state index is 0.0424. The molecule has 0 saturated heterocycles. The Morgan fingerprint density at radius 3 is 2.85 bits per heavy atom. The highest BCUT2D eigenvalue weighted by Gasteiger charge is 2.10. The highest BCUT2D eigenvalue weighted by atomic mass is 32.1. The highest BCUT2D eigenvalue weighted by molar-refractivity contribution is 7.20. The van der Waals surface area contributed by atoms with E-state index in [1.54, 1.807) is 23.0 Å². The van der Waals surface area contributed by atoms with Gasteiger partial charge in [0, 0.05) is 6.20 Å². The van der Waals surface area contributed by atoms with Crippen LogP contribution in [0.2, 0.25) is 0 Å². The zero-order valence-electron chi connectivity index (χ0n) is 6.97. The van der Waals surface area contributed by atoms with Crippen molar-refractivity contribution >= 4 is 22.7 Å². The SMILES string of the molecule is CC(N)c1nnc(-c2cncs2)s1. The molecule has 0 spiro atoms. The fourth-order valence-electron chi connectivity index (χ4n) is 0.840. The molecule has 0 amide bonds. The van der Waals surface area contributed by atoms with Gasteiger partial charge in [-0.3, -0.25) is 4.98 Å². The fourth-order valence-corrected chi connectivity index (χ4v) is 2.31. The van der Waals surface area contributed by atoms with Crippen LogP contribution in [0.5, 0.6) is 0 Å². The van der Waals surface area contributed by atoms with E-state index in [2.05, 4.69) is 15.2 Å². The summed E-state index contributed by atoms with van der Waals surface area (Å²) in [5, 5.41) is 9.80. The van der Waals surface area contributed by atoms with E-state index >= 15 is 0 Å². The molecule has 13 heavy (non-hydrogen) atoms. The van der Waals surface area contributed by atoms with Crippen molar-refractivity contribution in [2.75, 3.05) is 0 Å². The molecule has 0 aliphatic rings. The summed E-state index contributed by atoms with van der Waals surface area (Å²) in [5.41, 5.74) is 7.46. The quantitative estimate of drug-likeness (QED) is 0.822. The van der Waals surface area contributed by atoms with Crippen molar-refractivity contribution in [2.45, 2.75) is 13.0 Å². The third kappa shape index (κ3) is 1.74. The monoisotopic (exact) mass is 212 g/mol. The van der Waals surface area contributed by atoms with E-state index in [9.17, 15) is 0 Å². The van der Waals surface area contributed by atoms with E-state index < -0.39 is 0 Å². The first-order valence-electron chi connectivity index (χ1n) is 3.75. The second kappa shape index (κ2) is 3.49.